The Morgan fingerprint density at radius 1 is 1.22 bits per heavy atom. The van der Waals surface area contributed by atoms with E-state index in [-0.39, 0.29) is 24.0 Å². The van der Waals surface area contributed by atoms with E-state index in [0.29, 0.717) is 19.0 Å². The minimum atomic E-state index is -0.0589. The fraction of sp³-hybridized carbons (Fsp3) is 0.619. The van der Waals surface area contributed by atoms with Gasteiger partial charge in [-0.15, -0.1) is 0 Å². The summed E-state index contributed by atoms with van der Waals surface area (Å²) in [4.78, 5) is 17.9. The number of nitrogens with one attached hydrogen (secondary N) is 2. The largest absolute Gasteiger partial charge is 0.376 e. The molecule has 0 saturated carbocycles. The lowest BCUT2D eigenvalue weighted by Gasteiger charge is -2.28. The maximum atomic E-state index is 11.9. The molecule has 0 aliphatic carbocycles. The van der Waals surface area contributed by atoms with Crippen LogP contribution in [0.4, 0.5) is 0 Å². The van der Waals surface area contributed by atoms with Gasteiger partial charge in [-0.2, -0.15) is 0 Å². The molecule has 150 valence electrons. The first-order valence-corrected chi connectivity index (χ1v) is 9.78. The SMILES string of the molecule is CN(C)C(=O)CN=C(NCC1CCCCO1)NCC(C)(C)c1ccccc1. The first-order valence-electron chi connectivity index (χ1n) is 9.78. The van der Waals surface area contributed by atoms with Gasteiger partial charge in [0.25, 0.3) is 0 Å². The maximum absolute atomic E-state index is 11.9. The van der Waals surface area contributed by atoms with Crippen molar-refractivity contribution in [1.29, 1.82) is 0 Å². The van der Waals surface area contributed by atoms with E-state index in [1.807, 2.05) is 6.07 Å². The van der Waals surface area contributed by atoms with Crippen molar-refractivity contribution in [2.75, 3.05) is 40.3 Å². The van der Waals surface area contributed by atoms with Gasteiger partial charge in [0.05, 0.1) is 6.10 Å². The van der Waals surface area contributed by atoms with Crippen molar-refractivity contribution in [2.45, 2.75) is 44.6 Å². The Bertz CT molecular complexity index is 608. The second kappa shape index (κ2) is 10.3. The molecule has 27 heavy (non-hydrogen) atoms. The van der Waals surface area contributed by atoms with E-state index in [1.54, 1.807) is 19.0 Å². The minimum absolute atomic E-state index is 0.0210. The van der Waals surface area contributed by atoms with Gasteiger partial charge < -0.3 is 20.3 Å². The summed E-state index contributed by atoms with van der Waals surface area (Å²) < 4.78 is 5.79. The summed E-state index contributed by atoms with van der Waals surface area (Å²) in [5.41, 5.74) is 1.20. The highest BCUT2D eigenvalue weighted by molar-refractivity contribution is 5.84. The molecule has 1 saturated heterocycles. The zero-order valence-corrected chi connectivity index (χ0v) is 17.1. The molecule has 1 aliphatic rings. The molecule has 1 unspecified atom stereocenters. The highest BCUT2D eigenvalue weighted by Crippen LogP contribution is 2.21. The first-order chi connectivity index (χ1) is 12.9. The van der Waals surface area contributed by atoms with Crippen molar-refractivity contribution in [2.24, 2.45) is 4.99 Å². The highest BCUT2D eigenvalue weighted by atomic mass is 16.5. The number of hydrogen-bond donors (Lipinski definition) is 2. The van der Waals surface area contributed by atoms with Gasteiger partial charge in [0.1, 0.15) is 6.54 Å². The second-order valence-electron chi connectivity index (χ2n) is 7.93. The van der Waals surface area contributed by atoms with E-state index >= 15 is 0 Å². The third-order valence-electron chi connectivity index (χ3n) is 4.90. The van der Waals surface area contributed by atoms with Crippen LogP contribution < -0.4 is 10.6 Å². The van der Waals surface area contributed by atoms with Crippen LogP contribution in [0, 0.1) is 0 Å². The molecule has 1 aliphatic heterocycles. The van der Waals surface area contributed by atoms with E-state index in [4.69, 9.17) is 4.74 Å². The zero-order valence-electron chi connectivity index (χ0n) is 17.1. The number of amides is 1. The number of carbonyl (C=O) groups excluding carboxylic acids is 1. The summed E-state index contributed by atoms with van der Waals surface area (Å²) in [6.07, 6.45) is 3.61. The monoisotopic (exact) mass is 374 g/mol. The van der Waals surface area contributed by atoms with Gasteiger partial charge in [0.2, 0.25) is 5.91 Å². The standard InChI is InChI=1S/C21H34N4O2/c1-21(2,17-10-6-5-7-11-17)16-24-20(23-15-19(26)25(3)4)22-14-18-12-8-9-13-27-18/h5-7,10-11,18H,8-9,12-16H2,1-4H3,(H2,22,23,24). The third kappa shape index (κ3) is 7.21. The van der Waals surface area contributed by atoms with E-state index in [1.165, 1.54) is 12.0 Å². The number of guanidine groups is 1. The van der Waals surface area contributed by atoms with Crippen molar-refractivity contribution in [3.8, 4) is 0 Å². The number of hydrogen-bond acceptors (Lipinski definition) is 3. The van der Waals surface area contributed by atoms with Crippen molar-refractivity contribution < 1.29 is 9.53 Å². The predicted molar refractivity (Wildman–Crippen MR) is 110 cm³/mol. The molecule has 0 spiro atoms. The maximum Gasteiger partial charge on any atom is 0.243 e. The number of nitrogens with zero attached hydrogens (tertiary/aromatic N) is 2. The van der Waals surface area contributed by atoms with Gasteiger partial charge in [0.15, 0.2) is 5.96 Å². The molecule has 0 bridgehead atoms. The minimum Gasteiger partial charge on any atom is -0.376 e. The summed E-state index contributed by atoms with van der Waals surface area (Å²) in [5.74, 6) is 0.635. The third-order valence-corrected chi connectivity index (χ3v) is 4.90. The van der Waals surface area contributed by atoms with Crippen molar-refractivity contribution >= 4 is 11.9 Å². The number of ether oxygens (including phenoxy) is 1. The van der Waals surface area contributed by atoms with Crippen LogP contribution in [0.25, 0.3) is 0 Å². The van der Waals surface area contributed by atoms with Crippen LogP contribution in [-0.4, -0.2) is 63.2 Å². The summed E-state index contributed by atoms with van der Waals surface area (Å²) >= 11 is 0. The van der Waals surface area contributed by atoms with Crippen LogP contribution in [0.3, 0.4) is 0 Å². The molecular formula is C21H34N4O2. The Kier molecular flexibility index (Phi) is 8.10. The summed E-state index contributed by atoms with van der Waals surface area (Å²) in [6, 6.07) is 10.4. The van der Waals surface area contributed by atoms with Gasteiger partial charge in [0, 0.05) is 39.2 Å². The quantitative estimate of drug-likeness (QED) is 0.567. The van der Waals surface area contributed by atoms with Crippen LogP contribution in [0.15, 0.2) is 35.3 Å². The fourth-order valence-corrected chi connectivity index (χ4v) is 2.94. The Hall–Kier alpha value is -2.08. The number of benzene rings is 1. The second-order valence-corrected chi connectivity index (χ2v) is 7.93. The Morgan fingerprint density at radius 2 is 1.96 bits per heavy atom. The average Bonchev–Trinajstić information content (AvgIpc) is 2.68. The first kappa shape index (κ1) is 21.2. The molecule has 6 heteroatoms. The van der Waals surface area contributed by atoms with E-state index < -0.39 is 0 Å². The van der Waals surface area contributed by atoms with Gasteiger partial charge >= 0.3 is 0 Å². The fourth-order valence-electron chi connectivity index (χ4n) is 2.94. The molecule has 1 aromatic carbocycles. The van der Waals surface area contributed by atoms with E-state index in [2.05, 4.69) is 53.7 Å². The van der Waals surface area contributed by atoms with Gasteiger partial charge in [-0.3, -0.25) is 4.79 Å². The average molecular weight is 375 g/mol. The lowest BCUT2D eigenvalue weighted by molar-refractivity contribution is -0.127. The van der Waals surface area contributed by atoms with Crippen LogP contribution in [-0.2, 0) is 14.9 Å². The Labute approximate surface area is 163 Å². The number of carbonyl (C=O) groups is 1. The predicted octanol–water partition coefficient (Wildman–Crippen LogP) is 2.16. The highest BCUT2D eigenvalue weighted by Gasteiger charge is 2.21. The van der Waals surface area contributed by atoms with Crippen LogP contribution in [0.5, 0.6) is 0 Å². The summed E-state index contributed by atoms with van der Waals surface area (Å²) in [7, 11) is 3.49. The molecule has 1 heterocycles. The van der Waals surface area contributed by atoms with Gasteiger partial charge in [-0.1, -0.05) is 44.2 Å². The lowest BCUT2D eigenvalue weighted by atomic mass is 9.85. The van der Waals surface area contributed by atoms with Crippen molar-refractivity contribution in [3.63, 3.8) is 0 Å². The molecule has 1 atom stereocenters. The molecule has 6 nitrogen and oxygen atoms in total. The smallest absolute Gasteiger partial charge is 0.243 e. The molecule has 0 aromatic heterocycles. The number of likely N-dealkylation sites (N-methyl/N-ethyl adjacent to an activating group) is 1. The Balaban J connectivity index is 1.97. The molecular weight excluding hydrogens is 340 g/mol. The summed E-state index contributed by atoms with van der Waals surface area (Å²) in [6.45, 7) is 6.76. The molecule has 0 radical (unpaired) electrons. The van der Waals surface area contributed by atoms with Crippen LogP contribution in [0.2, 0.25) is 0 Å². The van der Waals surface area contributed by atoms with Crippen molar-refractivity contribution in [1.82, 2.24) is 15.5 Å². The number of rotatable bonds is 7. The van der Waals surface area contributed by atoms with Crippen molar-refractivity contribution in [3.05, 3.63) is 35.9 Å². The van der Waals surface area contributed by atoms with Crippen LogP contribution in [0.1, 0.15) is 38.7 Å². The Morgan fingerprint density at radius 3 is 2.59 bits per heavy atom. The van der Waals surface area contributed by atoms with Crippen LogP contribution >= 0.6 is 0 Å². The molecule has 1 fully saturated rings. The van der Waals surface area contributed by atoms with E-state index in [0.717, 1.165) is 19.4 Å². The number of aliphatic imine (C=N–C) groups is 1. The lowest BCUT2D eigenvalue weighted by Crippen LogP contribution is -2.46. The normalized spacial score (nSPS) is 18.1. The summed E-state index contributed by atoms with van der Waals surface area (Å²) in [5, 5.41) is 6.76. The molecule has 1 amide bonds. The van der Waals surface area contributed by atoms with Gasteiger partial charge in [-0.05, 0) is 24.8 Å². The zero-order chi connectivity index (χ0) is 19.7. The molecule has 2 rings (SSSR count). The van der Waals surface area contributed by atoms with Gasteiger partial charge in [-0.25, -0.2) is 4.99 Å². The van der Waals surface area contributed by atoms with E-state index in [9.17, 15) is 4.79 Å². The topological polar surface area (TPSA) is 66.0 Å². The molecule has 2 N–H and O–H groups in total. The molecule has 1 aromatic rings.